The molecule has 0 atom stereocenters. The molecule has 0 spiro atoms. The first-order valence-corrected chi connectivity index (χ1v) is 8.92. The summed E-state index contributed by atoms with van der Waals surface area (Å²) in [7, 11) is 0. The minimum Gasteiger partial charge on any atom is -0.487 e. The number of anilines is 1. The molecule has 152 valence electrons. The van der Waals surface area contributed by atoms with E-state index in [2.05, 4.69) is 15.2 Å². The Morgan fingerprint density at radius 3 is 2.69 bits per heavy atom. The Bertz CT molecular complexity index is 1020. The predicted octanol–water partition coefficient (Wildman–Crippen LogP) is 5.38. The Kier molecular flexibility index (Phi) is 6.33. The number of hydrogen-bond donors (Lipinski definition) is 1. The topological polar surface area (TPSA) is 73.6 Å². The Morgan fingerprint density at radius 2 is 1.97 bits per heavy atom. The van der Waals surface area contributed by atoms with E-state index in [-0.39, 0.29) is 23.7 Å². The number of nitrogens with zero attached hydrogens (tertiary/aromatic N) is 1. The number of alkyl halides is 2. The minimum absolute atomic E-state index is 0.0178. The number of amides is 1. The molecular weight excluding hydrogens is 406 g/mol. The second kappa shape index (κ2) is 8.91. The number of aromatic nitrogens is 1. The molecular formula is C20H17ClF2N2O4. The van der Waals surface area contributed by atoms with E-state index < -0.39 is 12.5 Å². The zero-order valence-electron chi connectivity index (χ0n) is 15.5. The molecule has 2 aromatic carbocycles. The van der Waals surface area contributed by atoms with Gasteiger partial charge in [-0.3, -0.25) is 4.79 Å². The van der Waals surface area contributed by atoms with E-state index in [1.807, 2.05) is 0 Å². The average molecular weight is 423 g/mol. The molecule has 0 radical (unpaired) electrons. The number of hydrogen-bond acceptors (Lipinski definition) is 5. The summed E-state index contributed by atoms with van der Waals surface area (Å²) in [5, 5.41) is 6.72. The van der Waals surface area contributed by atoms with Crippen molar-refractivity contribution in [2.75, 3.05) is 5.32 Å². The van der Waals surface area contributed by atoms with E-state index in [4.69, 9.17) is 20.9 Å². The van der Waals surface area contributed by atoms with Crippen LogP contribution in [0.15, 0.2) is 47.0 Å². The summed E-state index contributed by atoms with van der Waals surface area (Å²) in [6.45, 7) is 0.343. The van der Waals surface area contributed by atoms with Gasteiger partial charge < -0.3 is 19.3 Å². The van der Waals surface area contributed by atoms with Gasteiger partial charge in [0, 0.05) is 0 Å². The van der Waals surface area contributed by atoms with E-state index in [0.717, 1.165) is 5.56 Å². The van der Waals surface area contributed by atoms with Crippen molar-refractivity contribution in [2.45, 2.75) is 27.1 Å². The van der Waals surface area contributed by atoms with Crippen molar-refractivity contribution in [2.24, 2.45) is 0 Å². The van der Waals surface area contributed by atoms with Crippen LogP contribution in [0.25, 0.3) is 0 Å². The van der Waals surface area contributed by atoms with Crippen molar-refractivity contribution in [1.82, 2.24) is 5.16 Å². The normalized spacial score (nSPS) is 10.8. The first-order chi connectivity index (χ1) is 13.8. The highest BCUT2D eigenvalue weighted by atomic mass is 35.5. The van der Waals surface area contributed by atoms with Gasteiger partial charge >= 0.3 is 6.61 Å². The van der Waals surface area contributed by atoms with Crippen LogP contribution in [0.4, 0.5) is 14.5 Å². The van der Waals surface area contributed by atoms with Gasteiger partial charge in [0.05, 0.1) is 16.3 Å². The second-order valence-corrected chi connectivity index (χ2v) is 6.52. The largest absolute Gasteiger partial charge is 0.487 e. The SMILES string of the molecule is Cc1ccc(OC(F)F)c(NC(=O)c2noc(C)c2COc2ccccc2Cl)c1. The highest BCUT2D eigenvalue weighted by molar-refractivity contribution is 6.32. The fourth-order valence-corrected chi connectivity index (χ4v) is 2.76. The summed E-state index contributed by atoms with van der Waals surface area (Å²) in [5.41, 5.74) is 1.22. The zero-order valence-corrected chi connectivity index (χ0v) is 16.3. The maximum atomic E-state index is 12.7. The molecule has 0 aliphatic carbocycles. The number of carbonyl (C=O) groups excluding carboxylic acids is 1. The summed E-state index contributed by atoms with van der Waals surface area (Å²) >= 11 is 6.07. The van der Waals surface area contributed by atoms with Crippen LogP contribution in [0.1, 0.15) is 27.4 Å². The number of ether oxygens (including phenoxy) is 2. The zero-order chi connectivity index (χ0) is 21.0. The summed E-state index contributed by atoms with van der Waals surface area (Å²) in [4.78, 5) is 12.7. The molecule has 1 aromatic heterocycles. The van der Waals surface area contributed by atoms with Crippen LogP contribution in [-0.2, 0) is 6.61 Å². The van der Waals surface area contributed by atoms with Crippen molar-refractivity contribution in [3.05, 3.63) is 70.1 Å². The van der Waals surface area contributed by atoms with E-state index in [1.165, 1.54) is 12.1 Å². The smallest absolute Gasteiger partial charge is 0.387 e. The fraction of sp³-hybridized carbons (Fsp3) is 0.200. The third-order valence-corrected chi connectivity index (χ3v) is 4.32. The summed E-state index contributed by atoms with van der Waals surface area (Å²) < 4.78 is 40.5. The molecule has 0 fully saturated rings. The molecule has 3 aromatic rings. The molecule has 1 amide bonds. The van der Waals surface area contributed by atoms with Crippen LogP contribution < -0.4 is 14.8 Å². The van der Waals surface area contributed by atoms with Crippen molar-refractivity contribution >= 4 is 23.2 Å². The molecule has 3 rings (SSSR count). The number of benzene rings is 2. The molecule has 0 aliphatic heterocycles. The van der Waals surface area contributed by atoms with Gasteiger partial charge in [0.25, 0.3) is 5.91 Å². The first-order valence-electron chi connectivity index (χ1n) is 8.54. The monoisotopic (exact) mass is 422 g/mol. The lowest BCUT2D eigenvalue weighted by molar-refractivity contribution is -0.0493. The molecule has 6 nitrogen and oxygen atoms in total. The number of para-hydroxylation sites is 1. The fourth-order valence-electron chi connectivity index (χ4n) is 2.57. The molecule has 0 unspecified atom stereocenters. The lowest BCUT2D eigenvalue weighted by Crippen LogP contribution is -2.17. The maximum absolute atomic E-state index is 12.7. The lowest BCUT2D eigenvalue weighted by atomic mass is 10.1. The molecule has 29 heavy (non-hydrogen) atoms. The Hall–Kier alpha value is -3.13. The van der Waals surface area contributed by atoms with E-state index in [9.17, 15) is 13.6 Å². The highest BCUT2D eigenvalue weighted by Crippen LogP contribution is 2.29. The minimum atomic E-state index is -3.03. The molecule has 0 aliphatic rings. The van der Waals surface area contributed by atoms with E-state index >= 15 is 0 Å². The van der Waals surface area contributed by atoms with Gasteiger partial charge in [-0.2, -0.15) is 8.78 Å². The molecule has 0 saturated heterocycles. The average Bonchev–Trinajstić information content (AvgIpc) is 3.03. The Labute approximate surface area is 170 Å². The van der Waals surface area contributed by atoms with Gasteiger partial charge in [0.1, 0.15) is 23.9 Å². The highest BCUT2D eigenvalue weighted by Gasteiger charge is 2.22. The molecule has 9 heteroatoms. The van der Waals surface area contributed by atoms with Crippen molar-refractivity contribution < 1.29 is 27.6 Å². The van der Waals surface area contributed by atoms with Crippen LogP contribution in [0.3, 0.4) is 0 Å². The summed E-state index contributed by atoms with van der Waals surface area (Å²) in [5.74, 6) is 0.0142. The van der Waals surface area contributed by atoms with Gasteiger partial charge in [0.15, 0.2) is 5.69 Å². The van der Waals surface area contributed by atoms with Crippen LogP contribution in [0, 0.1) is 13.8 Å². The number of rotatable bonds is 7. The quantitative estimate of drug-likeness (QED) is 0.553. The number of nitrogens with one attached hydrogen (secondary N) is 1. The van der Waals surface area contributed by atoms with Crippen LogP contribution >= 0.6 is 11.6 Å². The van der Waals surface area contributed by atoms with Gasteiger partial charge in [0.2, 0.25) is 0 Å². The summed E-state index contributed by atoms with van der Waals surface area (Å²) in [6.07, 6.45) is 0. The number of halogens is 3. The van der Waals surface area contributed by atoms with Crippen molar-refractivity contribution in [3.8, 4) is 11.5 Å². The van der Waals surface area contributed by atoms with Crippen LogP contribution in [0.2, 0.25) is 5.02 Å². The Morgan fingerprint density at radius 1 is 1.21 bits per heavy atom. The second-order valence-electron chi connectivity index (χ2n) is 6.12. The van der Waals surface area contributed by atoms with Crippen LogP contribution in [-0.4, -0.2) is 17.7 Å². The van der Waals surface area contributed by atoms with Gasteiger partial charge in [-0.05, 0) is 43.7 Å². The van der Waals surface area contributed by atoms with E-state index in [0.29, 0.717) is 22.1 Å². The van der Waals surface area contributed by atoms with Gasteiger partial charge in [-0.1, -0.05) is 35.0 Å². The summed E-state index contributed by atoms with van der Waals surface area (Å²) in [6, 6.07) is 11.3. The standard InChI is InChI=1S/C20H17ClF2N2O4/c1-11-7-8-17(28-20(22)23)15(9-11)24-19(26)18-13(12(2)29-25-18)10-27-16-6-4-3-5-14(16)21/h3-9,20H,10H2,1-2H3,(H,24,26). The third-order valence-electron chi connectivity index (χ3n) is 4.01. The lowest BCUT2D eigenvalue weighted by Gasteiger charge is -2.12. The third kappa shape index (κ3) is 5.03. The van der Waals surface area contributed by atoms with Crippen LogP contribution in [0.5, 0.6) is 11.5 Å². The predicted molar refractivity (Wildman–Crippen MR) is 103 cm³/mol. The molecule has 1 N–H and O–H groups in total. The van der Waals surface area contributed by atoms with Crippen molar-refractivity contribution in [1.29, 1.82) is 0 Å². The number of carbonyl (C=O) groups is 1. The maximum Gasteiger partial charge on any atom is 0.387 e. The van der Waals surface area contributed by atoms with Gasteiger partial charge in [-0.25, -0.2) is 0 Å². The van der Waals surface area contributed by atoms with E-state index in [1.54, 1.807) is 44.2 Å². The number of aryl methyl sites for hydroxylation is 2. The molecule has 0 bridgehead atoms. The van der Waals surface area contributed by atoms with Gasteiger partial charge in [-0.15, -0.1) is 0 Å². The molecule has 0 saturated carbocycles. The molecule has 1 heterocycles. The Balaban J connectivity index is 1.81. The first kappa shape index (κ1) is 20.6. The van der Waals surface area contributed by atoms with Crippen molar-refractivity contribution in [3.63, 3.8) is 0 Å².